The summed E-state index contributed by atoms with van der Waals surface area (Å²) in [5.74, 6) is 0. The molecule has 47 valence electrons. The third-order valence-electron chi connectivity index (χ3n) is 0.286. The molecule has 0 radical (unpaired) electrons. The van der Waals surface area contributed by atoms with Crippen molar-refractivity contribution in [3.8, 4) is 0 Å². The van der Waals surface area contributed by atoms with Crippen LogP contribution in [0.4, 0.5) is 0 Å². The van der Waals surface area contributed by atoms with Gasteiger partial charge >= 0.3 is 45.1 Å². The predicted molar refractivity (Wildman–Crippen MR) is 30.8 cm³/mol. The molecule has 0 atom stereocenters. The molecule has 0 aliphatic carbocycles. The Labute approximate surface area is 57.2 Å². The Morgan fingerprint density at radius 1 is 1.25 bits per heavy atom. The average molecular weight is 153 g/mol. The molecule has 0 saturated heterocycles. The molecule has 0 unspecified atom stereocenters. The van der Waals surface area contributed by atoms with Crippen LogP contribution in [0.25, 0.3) is 0 Å². The van der Waals surface area contributed by atoms with Gasteiger partial charge < -0.3 is 4.79 Å². The molecule has 8 heavy (non-hydrogen) atoms. The summed E-state index contributed by atoms with van der Waals surface area (Å²) >= 11 is 3.81. The maximum Gasteiger partial charge on any atom is -0.282 e. The van der Waals surface area contributed by atoms with Gasteiger partial charge in [0.05, 0.1) is 0 Å². The van der Waals surface area contributed by atoms with E-state index in [9.17, 15) is 0 Å². The summed E-state index contributed by atoms with van der Waals surface area (Å²) in [6.45, 7) is 8.20. The van der Waals surface area contributed by atoms with Crippen LogP contribution < -0.4 is 0 Å². The molecular weight excluding hydrogens is 147 g/mol. The van der Waals surface area contributed by atoms with Crippen LogP contribution in [0.1, 0.15) is 0 Å². The second-order valence-corrected chi connectivity index (χ2v) is 1.04. The summed E-state index contributed by atoms with van der Waals surface area (Å²) in [6, 6.07) is 0. The van der Waals surface area contributed by atoms with Crippen LogP contribution in [0.5, 0.6) is 0 Å². The number of hydrogen-bond donors (Lipinski definition) is 0. The summed E-state index contributed by atoms with van der Waals surface area (Å²) < 4.78 is 0. The Balaban J connectivity index is 0. The SMILES string of the molecule is [CH-]=C/C=C\[CH]=[Co].[CH-]=O. The van der Waals surface area contributed by atoms with Crippen molar-refractivity contribution in [3.05, 3.63) is 24.8 Å². The standard InChI is InChI=1S/C5H5.CHO.Co/c1-3-5-4-2;1-2;/h1-5H;1H;/q2*-1;/b5-3-;;. The number of rotatable bonds is 2. The molecular formula is C6H6CoO-2. The predicted octanol–water partition coefficient (Wildman–Crippen LogP) is 0.607. The molecule has 0 fully saturated rings. The number of allylic oxidation sites excluding steroid dienone is 3. The minimum absolute atomic E-state index is 1.45. The topological polar surface area (TPSA) is 17.1 Å². The fraction of sp³-hybridized carbons (Fsp3) is 0. The van der Waals surface area contributed by atoms with Crippen molar-refractivity contribution in [1.29, 1.82) is 0 Å². The molecule has 0 aromatic heterocycles. The zero-order valence-corrected chi connectivity index (χ0v) is 5.25. The van der Waals surface area contributed by atoms with E-state index in [1.54, 1.807) is 17.1 Å². The quantitative estimate of drug-likeness (QED) is 0.322. The molecule has 0 heterocycles. The van der Waals surface area contributed by atoms with E-state index in [1.807, 2.05) is 0 Å². The van der Waals surface area contributed by atoms with E-state index in [4.69, 9.17) is 11.4 Å². The molecule has 0 amide bonds. The molecule has 0 bridgehead atoms. The van der Waals surface area contributed by atoms with E-state index >= 15 is 0 Å². The van der Waals surface area contributed by atoms with Crippen LogP contribution in [-0.2, 0) is 20.1 Å². The van der Waals surface area contributed by atoms with Gasteiger partial charge in [-0.3, -0.25) is 6.79 Å². The van der Waals surface area contributed by atoms with Crippen molar-refractivity contribution in [2.24, 2.45) is 0 Å². The second kappa shape index (κ2) is 16.0. The number of carbonyl (C=O) groups excluding carboxylic acids is 1. The van der Waals surface area contributed by atoms with Gasteiger partial charge in [-0.15, -0.1) is 0 Å². The first kappa shape index (κ1) is 10.5. The first-order valence-corrected chi connectivity index (χ1v) is 2.36. The van der Waals surface area contributed by atoms with Crippen molar-refractivity contribution in [3.63, 3.8) is 0 Å². The Bertz CT molecular complexity index is 76.5. The summed E-state index contributed by atoms with van der Waals surface area (Å²) in [5.41, 5.74) is 0. The molecule has 0 aromatic rings. The zero-order chi connectivity index (χ0) is 6.83. The molecule has 1 nitrogen and oxygen atoms in total. The van der Waals surface area contributed by atoms with E-state index in [-0.39, 0.29) is 0 Å². The maximum absolute atomic E-state index is 7.75. The molecule has 0 spiro atoms. The largest absolute Gasteiger partial charge is 0.545 e. The second-order valence-electron chi connectivity index (χ2n) is 0.688. The summed E-state index contributed by atoms with van der Waals surface area (Å²) in [5, 5.41) is 0. The average Bonchev–Trinajstić information content (AvgIpc) is 1.88. The summed E-state index contributed by atoms with van der Waals surface area (Å²) in [6.07, 6.45) is 4.89. The van der Waals surface area contributed by atoms with Crippen molar-refractivity contribution in [2.45, 2.75) is 0 Å². The van der Waals surface area contributed by atoms with Gasteiger partial charge in [-0.25, -0.2) is 0 Å². The molecule has 0 saturated carbocycles. The molecule has 0 N–H and O–H groups in total. The van der Waals surface area contributed by atoms with Crippen molar-refractivity contribution in [1.82, 2.24) is 0 Å². The van der Waals surface area contributed by atoms with Crippen LogP contribution in [0.3, 0.4) is 0 Å². The van der Waals surface area contributed by atoms with Crippen molar-refractivity contribution < 1.29 is 20.1 Å². The third kappa shape index (κ3) is 17.7. The zero-order valence-electron chi connectivity index (χ0n) is 4.21. The van der Waals surface area contributed by atoms with Gasteiger partial charge in [0, 0.05) is 0 Å². The Hall–Kier alpha value is -0.474. The van der Waals surface area contributed by atoms with E-state index in [0.717, 1.165) is 0 Å². The minimum Gasteiger partial charge on any atom is -0.545 e. The molecule has 0 aliphatic rings. The fourth-order valence-electron chi connectivity index (χ4n) is 0.101. The van der Waals surface area contributed by atoms with Gasteiger partial charge in [-0.2, -0.15) is 0 Å². The first-order valence-electron chi connectivity index (χ1n) is 1.76. The van der Waals surface area contributed by atoms with Crippen LogP contribution in [0.2, 0.25) is 0 Å². The van der Waals surface area contributed by atoms with Gasteiger partial charge in [0.1, 0.15) is 0 Å². The third-order valence-corrected chi connectivity index (χ3v) is 0.487. The Kier molecular flexibility index (Phi) is 21.0. The minimum atomic E-state index is 1.45. The van der Waals surface area contributed by atoms with Gasteiger partial charge in [0.2, 0.25) is 0 Å². The van der Waals surface area contributed by atoms with Crippen LogP contribution >= 0.6 is 0 Å². The monoisotopic (exact) mass is 153 g/mol. The Morgan fingerprint density at radius 2 is 1.75 bits per heavy atom. The smallest absolute Gasteiger partial charge is 0.282 e. The summed E-state index contributed by atoms with van der Waals surface area (Å²) in [7, 11) is 0. The van der Waals surface area contributed by atoms with Gasteiger partial charge in [-0.1, -0.05) is 0 Å². The number of hydrogen-bond acceptors (Lipinski definition) is 1. The van der Waals surface area contributed by atoms with E-state index in [2.05, 4.69) is 22.1 Å². The van der Waals surface area contributed by atoms with Crippen molar-refractivity contribution >= 4 is 11.7 Å². The van der Waals surface area contributed by atoms with E-state index < -0.39 is 0 Å². The van der Waals surface area contributed by atoms with Crippen LogP contribution in [-0.4, -0.2) is 11.7 Å². The molecule has 0 aromatic carbocycles. The fourth-order valence-corrected chi connectivity index (χ4v) is 0.217. The first-order chi connectivity index (χ1) is 3.91. The normalized spacial score (nSPS) is 7.12. The molecule has 0 rings (SSSR count). The van der Waals surface area contributed by atoms with E-state index in [0.29, 0.717) is 0 Å². The van der Waals surface area contributed by atoms with E-state index in [1.165, 1.54) is 6.08 Å². The van der Waals surface area contributed by atoms with Gasteiger partial charge in [0.15, 0.2) is 0 Å². The van der Waals surface area contributed by atoms with Crippen molar-refractivity contribution in [2.75, 3.05) is 0 Å². The van der Waals surface area contributed by atoms with Gasteiger partial charge in [-0.05, 0) is 0 Å². The molecule has 2 heteroatoms. The Morgan fingerprint density at radius 3 is 1.88 bits per heavy atom. The van der Waals surface area contributed by atoms with Crippen LogP contribution in [0, 0.1) is 6.58 Å². The van der Waals surface area contributed by atoms with Gasteiger partial charge in [0.25, 0.3) is 0 Å². The summed E-state index contributed by atoms with van der Waals surface area (Å²) in [4.78, 5) is 9.36. The maximum atomic E-state index is 7.75. The van der Waals surface area contributed by atoms with Crippen LogP contribution in [0.15, 0.2) is 18.2 Å². The molecule has 0 aliphatic heterocycles.